The van der Waals surface area contributed by atoms with Crippen molar-refractivity contribution in [3.05, 3.63) is 0 Å². The van der Waals surface area contributed by atoms with Gasteiger partial charge in [-0.15, -0.1) is 0 Å². The van der Waals surface area contributed by atoms with Gasteiger partial charge in [0.15, 0.2) is 0 Å². The van der Waals surface area contributed by atoms with Crippen LogP contribution in [-0.4, -0.2) is 40.9 Å². The summed E-state index contributed by atoms with van der Waals surface area (Å²) in [5.74, 6) is 0.365. The Balaban J connectivity index is 1.92. The molecule has 0 spiro atoms. The van der Waals surface area contributed by atoms with Gasteiger partial charge in [-0.2, -0.15) is 0 Å². The molecule has 2 fully saturated rings. The van der Waals surface area contributed by atoms with E-state index in [1.165, 1.54) is 6.42 Å². The van der Waals surface area contributed by atoms with Gasteiger partial charge in [0.05, 0.1) is 0 Å². The molecule has 1 aliphatic heterocycles. The molecule has 1 heterocycles. The Hall–Kier alpha value is -1.59. The Bertz CT molecular complexity index is 506. The lowest BCUT2D eigenvalue weighted by Gasteiger charge is -2.30. The van der Waals surface area contributed by atoms with Crippen LogP contribution < -0.4 is 10.6 Å². The fourth-order valence-corrected chi connectivity index (χ4v) is 3.56. The average Bonchev–Trinajstić information content (AvgIpc) is 2.72. The van der Waals surface area contributed by atoms with E-state index in [0.717, 1.165) is 30.6 Å². The van der Waals surface area contributed by atoms with E-state index in [4.69, 9.17) is 0 Å². The molecule has 6 nitrogen and oxygen atoms in total. The highest BCUT2D eigenvalue weighted by molar-refractivity contribution is 6.08. The minimum absolute atomic E-state index is 0.152. The smallest absolute Gasteiger partial charge is 0.325 e. The van der Waals surface area contributed by atoms with E-state index in [9.17, 15) is 14.4 Å². The van der Waals surface area contributed by atoms with Crippen LogP contribution in [0.5, 0.6) is 0 Å². The largest absolute Gasteiger partial charge is 0.352 e. The molecule has 2 aliphatic rings. The molecule has 0 bridgehead atoms. The van der Waals surface area contributed by atoms with Crippen molar-refractivity contribution in [1.29, 1.82) is 0 Å². The summed E-state index contributed by atoms with van der Waals surface area (Å²) in [6.45, 7) is 7.87. The Morgan fingerprint density at radius 2 is 2.00 bits per heavy atom. The molecule has 0 radical (unpaired) electrons. The monoisotopic (exact) mass is 337 g/mol. The highest BCUT2D eigenvalue weighted by atomic mass is 16.2. The number of carbonyl (C=O) groups is 3. The maximum absolute atomic E-state index is 12.6. The molecule has 1 saturated heterocycles. The molecule has 1 aliphatic carbocycles. The minimum atomic E-state index is -0.889. The second kappa shape index (κ2) is 7.53. The summed E-state index contributed by atoms with van der Waals surface area (Å²) in [5.41, 5.74) is -0.889. The normalized spacial score (nSPS) is 30.6. The van der Waals surface area contributed by atoms with Gasteiger partial charge in [-0.05, 0) is 44.4 Å². The SMILES string of the molecule is CC(C)CC[C@]1(C)NC(=O)N(CC(=O)N[C@@H]2CCCC[C@@H]2C)C1=O. The molecular formula is C18H31N3O3. The van der Waals surface area contributed by atoms with Crippen LogP contribution in [0.1, 0.15) is 66.2 Å². The van der Waals surface area contributed by atoms with Crippen LogP contribution in [0.15, 0.2) is 0 Å². The number of nitrogens with zero attached hydrogens (tertiary/aromatic N) is 1. The van der Waals surface area contributed by atoms with Gasteiger partial charge in [-0.25, -0.2) is 4.79 Å². The van der Waals surface area contributed by atoms with E-state index in [-0.39, 0.29) is 24.4 Å². The first-order valence-electron chi connectivity index (χ1n) is 9.16. The van der Waals surface area contributed by atoms with E-state index in [1.54, 1.807) is 6.92 Å². The lowest BCUT2D eigenvalue weighted by Crippen LogP contribution is -2.48. The highest BCUT2D eigenvalue weighted by Gasteiger charge is 2.47. The van der Waals surface area contributed by atoms with Gasteiger partial charge in [0.1, 0.15) is 12.1 Å². The summed E-state index contributed by atoms with van der Waals surface area (Å²) >= 11 is 0. The number of urea groups is 1. The van der Waals surface area contributed by atoms with Crippen LogP contribution in [0, 0.1) is 11.8 Å². The van der Waals surface area contributed by atoms with E-state index in [2.05, 4.69) is 31.4 Å². The summed E-state index contributed by atoms with van der Waals surface area (Å²) in [6, 6.07) is -0.308. The van der Waals surface area contributed by atoms with Gasteiger partial charge in [0.2, 0.25) is 5.91 Å². The van der Waals surface area contributed by atoms with Gasteiger partial charge < -0.3 is 10.6 Å². The van der Waals surface area contributed by atoms with Gasteiger partial charge in [-0.1, -0.05) is 33.6 Å². The molecule has 6 heteroatoms. The van der Waals surface area contributed by atoms with Crippen molar-refractivity contribution in [3.63, 3.8) is 0 Å². The summed E-state index contributed by atoms with van der Waals surface area (Å²) in [6.07, 6.45) is 5.84. The van der Waals surface area contributed by atoms with Crippen LogP contribution in [0.4, 0.5) is 4.79 Å². The second-order valence-electron chi connectivity index (χ2n) is 8.02. The third-order valence-electron chi connectivity index (χ3n) is 5.33. The topological polar surface area (TPSA) is 78.5 Å². The first-order chi connectivity index (χ1) is 11.2. The van der Waals surface area contributed by atoms with Crippen molar-refractivity contribution >= 4 is 17.8 Å². The maximum atomic E-state index is 12.6. The summed E-state index contributed by atoms with van der Waals surface area (Å²) in [7, 11) is 0. The summed E-state index contributed by atoms with van der Waals surface area (Å²) in [5, 5.41) is 5.76. The highest BCUT2D eigenvalue weighted by Crippen LogP contribution is 2.25. The standard InChI is InChI=1S/C18H31N3O3/c1-12(2)9-10-18(4)16(23)21(17(24)20-18)11-15(22)19-14-8-6-5-7-13(14)3/h12-14H,5-11H2,1-4H3,(H,19,22)(H,20,24)/t13-,14+,18-/m0/s1. The summed E-state index contributed by atoms with van der Waals surface area (Å²) in [4.78, 5) is 38.1. The van der Waals surface area contributed by atoms with E-state index < -0.39 is 11.6 Å². The van der Waals surface area contributed by atoms with Crippen LogP contribution in [-0.2, 0) is 9.59 Å². The fourth-order valence-electron chi connectivity index (χ4n) is 3.56. The molecular weight excluding hydrogens is 306 g/mol. The Morgan fingerprint density at radius 1 is 1.33 bits per heavy atom. The van der Waals surface area contributed by atoms with Crippen LogP contribution in [0.3, 0.4) is 0 Å². The molecule has 2 N–H and O–H groups in total. The van der Waals surface area contributed by atoms with Crippen LogP contribution in [0.25, 0.3) is 0 Å². The lowest BCUT2D eigenvalue weighted by molar-refractivity contribution is -0.135. The number of imide groups is 1. The van der Waals surface area contributed by atoms with Gasteiger partial charge in [0, 0.05) is 6.04 Å². The quantitative estimate of drug-likeness (QED) is 0.731. The van der Waals surface area contributed by atoms with Gasteiger partial charge in [-0.3, -0.25) is 14.5 Å². The van der Waals surface area contributed by atoms with Gasteiger partial charge >= 0.3 is 6.03 Å². The van der Waals surface area contributed by atoms with Crippen molar-refractivity contribution in [1.82, 2.24) is 15.5 Å². The number of hydrogen-bond donors (Lipinski definition) is 2. The maximum Gasteiger partial charge on any atom is 0.325 e. The van der Waals surface area contributed by atoms with Crippen molar-refractivity contribution in [3.8, 4) is 0 Å². The van der Waals surface area contributed by atoms with E-state index in [0.29, 0.717) is 18.3 Å². The van der Waals surface area contributed by atoms with Crippen molar-refractivity contribution in [2.75, 3.05) is 6.54 Å². The zero-order valence-electron chi connectivity index (χ0n) is 15.4. The van der Waals surface area contributed by atoms with Crippen molar-refractivity contribution in [2.45, 2.75) is 77.8 Å². The lowest BCUT2D eigenvalue weighted by atomic mass is 9.86. The molecule has 0 aromatic heterocycles. The molecule has 4 amide bonds. The molecule has 2 rings (SSSR count). The zero-order valence-corrected chi connectivity index (χ0v) is 15.4. The molecule has 0 aromatic rings. The zero-order chi connectivity index (χ0) is 17.9. The molecule has 0 unspecified atom stereocenters. The number of hydrogen-bond acceptors (Lipinski definition) is 3. The van der Waals surface area contributed by atoms with Crippen LogP contribution in [0.2, 0.25) is 0 Å². The fraction of sp³-hybridized carbons (Fsp3) is 0.833. The Kier molecular flexibility index (Phi) is 5.88. The third kappa shape index (κ3) is 4.28. The minimum Gasteiger partial charge on any atom is -0.352 e. The Labute approximate surface area is 144 Å². The molecule has 3 atom stereocenters. The first kappa shape index (κ1) is 18.7. The first-order valence-corrected chi connectivity index (χ1v) is 9.16. The van der Waals surface area contributed by atoms with Crippen LogP contribution >= 0.6 is 0 Å². The van der Waals surface area contributed by atoms with Crippen molar-refractivity contribution < 1.29 is 14.4 Å². The number of carbonyl (C=O) groups excluding carboxylic acids is 3. The average molecular weight is 337 g/mol. The summed E-state index contributed by atoms with van der Waals surface area (Å²) < 4.78 is 0. The molecule has 0 aromatic carbocycles. The van der Waals surface area contributed by atoms with Gasteiger partial charge in [0.25, 0.3) is 5.91 Å². The number of rotatable bonds is 6. The van der Waals surface area contributed by atoms with E-state index >= 15 is 0 Å². The van der Waals surface area contributed by atoms with Crippen molar-refractivity contribution in [2.24, 2.45) is 11.8 Å². The molecule has 136 valence electrons. The number of amides is 4. The Morgan fingerprint density at radius 3 is 2.62 bits per heavy atom. The van der Waals surface area contributed by atoms with E-state index in [1.807, 2.05) is 0 Å². The predicted octanol–water partition coefficient (Wildman–Crippen LogP) is 2.43. The third-order valence-corrected chi connectivity index (χ3v) is 5.33. The second-order valence-corrected chi connectivity index (χ2v) is 8.02. The predicted molar refractivity (Wildman–Crippen MR) is 92.3 cm³/mol. The molecule has 24 heavy (non-hydrogen) atoms. The molecule has 1 saturated carbocycles. The number of nitrogens with one attached hydrogen (secondary N) is 2.